The van der Waals surface area contributed by atoms with Crippen molar-refractivity contribution in [1.29, 1.82) is 0 Å². The van der Waals surface area contributed by atoms with Crippen LogP contribution in [0.4, 0.5) is 10.2 Å². The lowest BCUT2D eigenvalue weighted by molar-refractivity contribution is 0.0938. The molecular formula is C22H21FN6O2. The third-order valence-electron chi connectivity index (χ3n) is 4.74. The number of hydrogen-bond donors (Lipinski definition) is 3. The second kappa shape index (κ2) is 8.88. The second-order valence-corrected chi connectivity index (χ2v) is 7.02. The molecule has 4 aromatic rings. The fourth-order valence-corrected chi connectivity index (χ4v) is 3.26. The van der Waals surface area contributed by atoms with Gasteiger partial charge in [0.25, 0.3) is 5.91 Å². The van der Waals surface area contributed by atoms with Gasteiger partial charge in [-0.3, -0.25) is 9.48 Å². The molecule has 9 heteroatoms. The van der Waals surface area contributed by atoms with E-state index in [-0.39, 0.29) is 18.1 Å². The number of nitrogens with one attached hydrogen (secondary N) is 2. The first-order valence-electron chi connectivity index (χ1n) is 9.70. The van der Waals surface area contributed by atoms with Gasteiger partial charge in [-0.25, -0.2) is 14.4 Å². The van der Waals surface area contributed by atoms with Gasteiger partial charge in [-0.05, 0) is 29.8 Å². The van der Waals surface area contributed by atoms with Crippen LogP contribution in [0.3, 0.4) is 0 Å². The van der Waals surface area contributed by atoms with E-state index in [0.717, 1.165) is 10.9 Å². The van der Waals surface area contributed by atoms with Crippen molar-refractivity contribution in [3.8, 4) is 0 Å². The summed E-state index contributed by atoms with van der Waals surface area (Å²) in [5.74, 6) is -0.235. The highest BCUT2D eigenvalue weighted by Crippen LogP contribution is 2.23. The molecular weight excluding hydrogens is 399 g/mol. The van der Waals surface area contributed by atoms with Gasteiger partial charge in [-0.1, -0.05) is 12.1 Å². The molecule has 0 bridgehead atoms. The maximum absolute atomic E-state index is 13.8. The molecule has 31 heavy (non-hydrogen) atoms. The van der Waals surface area contributed by atoms with Crippen molar-refractivity contribution in [3.05, 3.63) is 83.7 Å². The predicted molar refractivity (Wildman–Crippen MR) is 114 cm³/mol. The summed E-state index contributed by atoms with van der Waals surface area (Å²) in [4.78, 5) is 21.7. The minimum Gasteiger partial charge on any atom is -0.395 e. The molecule has 1 amide bonds. The smallest absolute Gasteiger partial charge is 0.270 e. The fraction of sp³-hybridized carbons (Fsp3) is 0.182. The number of halogens is 1. The van der Waals surface area contributed by atoms with E-state index in [1.165, 1.54) is 12.1 Å². The SMILES string of the molecule is Cn1cc([C@@H](NC(=O)c2ccc3cnc(NCCO)cc3n2)c2cccc(F)c2)cn1. The number of amides is 1. The van der Waals surface area contributed by atoms with Crippen molar-refractivity contribution < 1.29 is 14.3 Å². The lowest BCUT2D eigenvalue weighted by atomic mass is 10.0. The molecule has 1 atom stereocenters. The summed E-state index contributed by atoms with van der Waals surface area (Å²) < 4.78 is 15.5. The molecule has 3 aromatic heterocycles. The first-order valence-corrected chi connectivity index (χ1v) is 9.70. The van der Waals surface area contributed by atoms with Gasteiger partial charge in [-0.2, -0.15) is 5.10 Å². The normalized spacial score (nSPS) is 12.0. The number of aliphatic hydroxyl groups excluding tert-OH is 1. The average molecular weight is 420 g/mol. The molecule has 3 N–H and O–H groups in total. The highest BCUT2D eigenvalue weighted by atomic mass is 19.1. The van der Waals surface area contributed by atoms with Crippen LogP contribution in [0, 0.1) is 5.82 Å². The van der Waals surface area contributed by atoms with E-state index in [2.05, 4.69) is 25.7 Å². The van der Waals surface area contributed by atoms with E-state index in [4.69, 9.17) is 5.11 Å². The third-order valence-corrected chi connectivity index (χ3v) is 4.74. The zero-order valence-corrected chi connectivity index (χ0v) is 16.8. The van der Waals surface area contributed by atoms with Crippen LogP contribution >= 0.6 is 0 Å². The van der Waals surface area contributed by atoms with E-state index in [9.17, 15) is 9.18 Å². The van der Waals surface area contributed by atoms with Gasteiger partial charge < -0.3 is 15.7 Å². The van der Waals surface area contributed by atoms with Gasteiger partial charge >= 0.3 is 0 Å². The molecule has 0 saturated heterocycles. The van der Waals surface area contributed by atoms with Crippen molar-refractivity contribution in [2.24, 2.45) is 7.05 Å². The molecule has 3 heterocycles. The number of benzene rings is 1. The summed E-state index contributed by atoms with van der Waals surface area (Å²) in [6.07, 6.45) is 5.05. The highest BCUT2D eigenvalue weighted by Gasteiger charge is 2.21. The van der Waals surface area contributed by atoms with Crippen LogP contribution in [0.25, 0.3) is 10.9 Å². The number of carbonyl (C=O) groups is 1. The summed E-state index contributed by atoms with van der Waals surface area (Å²) in [6, 6.07) is 10.6. The monoisotopic (exact) mass is 420 g/mol. The Morgan fingerprint density at radius 1 is 1.19 bits per heavy atom. The number of pyridine rings is 2. The van der Waals surface area contributed by atoms with Crippen molar-refractivity contribution in [2.75, 3.05) is 18.5 Å². The van der Waals surface area contributed by atoms with Crippen LogP contribution in [0.5, 0.6) is 0 Å². The van der Waals surface area contributed by atoms with Crippen molar-refractivity contribution in [3.63, 3.8) is 0 Å². The van der Waals surface area contributed by atoms with Gasteiger partial charge in [0.1, 0.15) is 17.3 Å². The summed E-state index contributed by atoms with van der Waals surface area (Å²) in [5.41, 5.74) is 2.13. The van der Waals surface area contributed by atoms with Gasteiger partial charge in [0.15, 0.2) is 0 Å². The van der Waals surface area contributed by atoms with Gasteiger partial charge in [0.05, 0.1) is 24.4 Å². The average Bonchev–Trinajstić information content (AvgIpc) is 3.21. The van der Waals surface area contributed by atoms with E-state index < -0.39 is 11.9 Å². The maximum atomic E-state index is 13.8. The number of carbonyl (C=O) groups excluding carboxylic acids is 1. The number of aromatic nitrogens is 4. The van der Waals surface area contributed by atoms with Crippen LogP contribution in [-0.4, -0.2) is 43.9 Å². The Bertz CT molecular complexity index is 1230. The molecule has 0 unspecified atom stereocenters. The Morgan fingerprint density at radius 2 is 2.06 bits per heavy atom. The van der Waals surface area contributed by atoms with Crippen LogP contribution in [-0.2, 0) is 7.05 Å². The Hall–Kier alpha value is -3.85. The molecule has 0 spiro atoms. The zero-order chi connectivity index (χ0) is 21.8. The van der Waals surface area contributed by atoms with Crippen LogP contribution in [0.15, 0.2) is 61.1 Å². The lowest BCUT2D eigenvalue weighted by Gasteiger charge is -2.18. The van der Waals surface area contributed by atoms with Crippen LogP contribution in [0.1, 0.15) is 27.7 Å². The minimum absolute atomic E-state index is 0.0224. The molecule has 8 nitrogen and oxygen atoms in total. The minimum atomic E-state index is -0.589. The van der Waals surface area contributed by atoms with Gasteiger partial charge in [-0.15, -0.1) is 0 Å². The van der Waals surface area contributed by atoms with Gasteiger partial charge in [0, 0.05) is 43.0 Å². The molecule has 0 radical (unpaired) electrons. The first kappa shape index (κ1) is 20.4. The van der Waals surface area contributed by atoms with E-state index >= 15 is 0 Å². The van der Waals surface area contributed by atoms with E-state index in [0.29, 0.717) is 23.4 Å². The van der Waals surface area contributed by atoms with Crippen LogP contribution < -0.4 is 10.6 Å². The third kappa shape index (κ3) is 4.67. The van der Waals surface area contributed by atoms with Crippen molar-refractivity contribution in [1.82, 2.24) is 25.1 Å². The molecule has 0 saturated carbocycles. The number of fused-ring (bicyclic) bond motifs is 1. The molecule has 0 aliphatic heterocycles. The standard InChI is InChI=1S/C22H21FN6O2/c1-29-13-16(12-26-29)21(14-3-2-4-17(23)9-14)28-22(31)18-6-5-15-11-25-20(24-7-8-30)10-19(15)27-18/h2-6,9-13,21,30H,7-8H2,1H3,(H,24,25)(H,28,31)/t21-/m0/s1. The summed E-state index contributed by atoms with van der Waals surface area (Å²) >= 11 is 0. The number of anilines is 1. The van der Waals surface area contributed by atoms with Crippen LogP contribution in [0.2, 0.25) is 0 Å². The fourth-order valence-electron chi connectivity index (χ4n) is 3.26. The number of aliphatic hydroxyl groups is 1. The molecule has 0 fully saturated rings. The Balaban J connectivity index is 1.64. The number of hydrogen-bond acceptors (Lipinski definition) is 6. The van der Waals surface area contributed by atoms with Crippen molar-refractivity contribution in [2.45, 2.75) is 6.04 Å². The molecule has 0 aliphatic carbocycles. The molecule has 158 valence electrons. The molecule has 4 rings (SSSR count). The summed E-state index contributed by atoms with van der Waals surface area (Å²) in [5, 5.41) is 19.8. The summed E-state index contributed by atoms with van der Waals surface area (Å²) in [7, 11) is 1.77. The molecule has 0 aliphatic rings. The Labute approximate surface area is 177 Å². The zero-order valence-electron chi connectivity index (χ0n) is 16.8. The van der Waals surface area contributed by atoms with Gasteiger partial charge in [0.2, 0.25) is 0 Å². The molecule has 1 aromatic carbocycles. The lowest BCUT2D eigenvalue weighted by Crippen LogP contribution is -2.30. The highest BCUT2D eigenvalue weighted by molar-refractivity contribution is 5.95. The predicted octanol–water partition coefficient (Wildman–Crippen LogP) is 2.43. The number of aryl methyl sites for hydroxylation is 1. The largest absolute Gasteiger partial charge is 0.395 e. The number of rotatable bonds is 7. The first-order chi connectivity index (χ1) is 15.0. The van der Waals surface area contributed by atoms with E-state index in [1.54, 1.807) is 60.7 Å². The Morgan fingerprint density at radius 3 is 2.81 bits per heavy atom. The van der Waals surface area contributed by atoms with Crippen molar-refractivity contribution >= 4 is 22.6 Å². The second-order valence-electron chi connectivity index (χ2n) is 7.02. The summed E-state index contributed by atoms with van der Waals surface area (Å²) in [6.45, 7) is 0.338. The van der Waals surface area contributed by atoms with E-state index in [1.807, 2.05) is 0 Å². The topological polar surface area (TPSA) is 105 Å². The quantitative estimate of drug-likeness (QED) is 0.424. The number of nitrogens with zero attached hydrogens (tertiary/aromatic N) is 4. The Kier molecular flexibility index (Phi) is 5.85. The maximum Gasteiger partial charge on any atom is 0.270 e.